The minimum atomic E-state index is -4.95. The molecule has 516 valence electrons. The molecule has 0 aromatic rings. The normalized spacial score (nSPS) is 15.0. The van der Waals surface area contributed by atoms with Gasteiger partial charge in [0.25, 0.3) is 0 Å². The standard InChI is InChI=1S/C68H132O17P2/c1-9-60(7)46-38-30-21-17-15-13-11-12-14-16-18-22-32-40-48-65(70)78-54-64(85-68(73)51-43-35-26-24-29-37-45-59(5)6)57-83-87(76,77)81-53-62(69)52-80-86(74,75)82-56-63(84-67(72)50-42-34-23-19-20-28-36-44-58(3)4)55-79-66(71)49-41-33-27-25-31-39-47-61(8)10-2/h58-64,69H,9-57H2,1-8H3,(H,74,75)(H,76,77)/t60?,61?,62-,63+,64+/m0/s1. The number of phosphoric acid groups is 2. The molecule has 0 aliphatic carbocycles. The zero-order chi connectivity index (χ0) is 64.7. The van der Waals surface area contributed by atoms with Crippen molar-refractivity contribution in [3.63, 3.8) is 0 Å². The van der Waals surface area contributed by atoms with Gasteiger partial charge in [0.1, 0.15) is 19.3 Å². The second-order valence-corrected chi connectivity index (χ2v) is 28.9. The van der Waals surface area contributed by atoms with Gasteiger partial charge < -0.3 is 33.8 Å². The summed E-state index contributed by atoms with van der Waals surface area (Å²) in [6.07, 6.45) is 39.3. The molecule has 0 aromatic heterocycles. The lowest BCUT2D eigenvalue weighted by Crippen LogP contribution is -2.30. The van der Waals surface area contributed by atoms with Gasteiger partial charge in [0.15, 0.2) is 12.2 Å². The minimum Gasteiger partial charge on any atom is -0.462 e. The zero-order valence-electron chi connectivity index (χ0n) is 56.6. The molecule has 0 bridgehead atoms. The molecular formula is C68H132O17P2. The maximum atomic E-state index is 13.0. The predicted octanol–water partition coefficient (Wildman–Crippen LogP) is 18.9. The molecule has 0 fully saturated rings. The first-order chi connectivity index (χ1) is 41.7. The second kappa shape index (κ2) is 57.9. The molecule has 87 heavy (non-hydrogen) atoms. The predicted molar refractivity (Wildman–Crippen MR) is 349 cm³/mol. The van der Waals surface area contributed by atoms with Gasteiger partial charge in [-0.05, 0) is 49.4 Å². The van der Waals surface area contributed by atoms with E-state index in [1.54, 1.807) is 0 Å². The smallest absolute Gasteiger partial charge is 0.462 e. The van der Waals surface area contributed by atoms with Crippen LogP contribution >= 0.6 is 15.6 Å². The van der Waals surface area contributed by atoms with Crippen molar-refractivity contribution in [3.8, 4) is 0 Å². The third-order valence-electron chi connectivity index (χ3n) is 16.3. The third kappa shape index (κ3) is 60.1. The first-order valence-electron chi connectivity index (χ1n) is 35.3. The van der Waals surface area contributed by atoms with E-state index in [9.17, 15) is 43.2 Å². The molecule has 0 saturated heterocycles. The zero-order valence-corrected chi connectivity index (χ0v) is 58.4. The molecule has 4 unspecified atom stereocenters. The number of carbonyl (C=O) groups excluding carboxylic acids is 4. The summed E-state index contributed by atoms with van der Waals surface area (Å²) in [5.41, 5.74) is 0. The van der Waals surface area contributed by atoms with Crippen molar-refractivity contribution in [1.82, 2.24) is 0 Å². The number of hydrogen-bond donors (Lipinski definition) is 3. The topological polar surface area (TPSA) is 237 Å². The van der Waals surface area contributed by atoms with E-state index in [1.165, 1.54) is 128 Å². The van der Waals surface area contributed by atoms with Crippen molar-refractivity contribution in [2.24, 2.45) is 23.7 Å². The lowest BCUT2D eigenvalue weighted by Gasteiger charge is -2.21. The minimum absolute atomic E-state index is 0.102. The molecule has 17 nitrogen and oxygen atoms in total. The van der Waals surface area contributed by atoms with Crippen LogP contribution in [0, 0.1) is 23.7 Å². The van der Waals surface area contributed by atoms with Crippen LogP contribution in [0.1, 0.15) is 331 Å². The van der Waals surface area contributed by atoms with E-state index in [-0.39, 0.29) is 25.7 Å². The van der Waals surface area contributed by atoms with Gasteiger partial charge in [-0.2, -0.15) is 0 Å². The summed E-state index contributed by atoms with van der Waals surface area (Å²) in [6.45, 7) is 14.0. The summed E-state index contributed by atoms with van der Waals surface area (Å²) in [4.78, 5) is 72.3. The number of ether oxygens (including phenoxy) is 4. The van der Waals surface area contributed by atoms with Gasteiger partial charge in [0.05, 0.1) is 26.4 Å². The first kappa shape index (κ1) is 85.1. The SMILES string of the molecule is CCC(C)CCCCCCCCCCCCCCCCC(=O)OC[C@H](COP(=O)(O)OC[C@@H](O)COP(=O)(O)OC[C@@H](COC(=O)CCCCCCCCC(C)CC)OC(=O)CCCCCCCCCC(C)C)OC(=O)CCCCCCCCC(C)C. The third-order valence-corrected chi connectivity index (χ3v) is 18.2. The van der Waals surface area contributed by atoms with Crippen LogP contribution < -0.4 is 0 Å². The first-order valence-corrected chi connectivity index (χ1v) is 38.3. The van der Waals surface area contributed by atoms with Gasteiger partial charge in [-0.1, -0.05) is 280 Å². The van der Waals surface area contributed by atoms with Crippen LogP contribution in [0.2, 0.25) is 0 Å². The Hall–Kier alpha value is -1.94. The van der Waals surface area contributed by atoms with Gasteiger partial charge in [0.2, 0.25) is 0 Å². The van der Waals surface area contributed by atoms with E-state index in [0.717, 1.165) is 108 Å². The largest absolute Gasteiger partial charge is 0.472 e. The van der Waals surface area contributed by atoms with E-state index in [1.807, 2.05) is 0 Å². The van der Waals surface area contributed by atoms with Crippen LogP contribution in [0.5, 0.6) is 0 Å². The van der Waals surface area contributed by atoms with Crippen LogP contribution in [-0.4, -0.2) is 96.7 Å². The summed E-state index contributed by atoms with van der Waals surface area (Å²) in [7, 11) is -9.89. The molecule has 0 heterocycles. The van der Waals surface area contributed by atoms with Gasteiger partial charge in [0, 0.05) is 25.7 Å². The van der Waals surface area contributed by atoms with Crippen LogP contribution in [0.15, 0.2) is 0 Å². The van der Waals surface area contributed by atoms with Crippen molar-refractivity contribution in [2.45, 2.75) is 350 Å². The number of unbranched alkanes of at least 4 members (excludes halogenated alkanes) is 29. The Labute approximate surface area is 530 Å². The number of carbonyl (C=O) groups is 4. The summed E-state index contributed by atoms with van der Waals surface area (Å²) in [5, 5.41) is 10.6. The molecule has 7 atom stereocenters. The Morgan fingerprint density at radius 1 is 0.322 bits per heavy atom. The van der Waals surface area contributed by atoms with Gasteiger partial charge in [-0.15, -0.1) is 0 Å². The number of esters is 4. The summed E-state index contributed by atoms with van der Waals surface area (Å²) < 4.78 is 68.1. The van der Waals surface area contributed by atoms with Crippen LogP contribution in [0.4, 0.5) is 0 Å². The maximum Gasteiger partial charge on any atom is 0.472 e. The maximum absolute atomic E-state index is 13.0. The molecule has 0 rings (SSSR count). The average molecular weight is 1280 g/mol. The quantitative estimate of drug-likeness (QED) is 0.0222. The highest BCUT2D eigenvalue weighted by Gasteiger charge is 2.30. The van der Waals surface area contributed by atoms with E-state index < -0.39 is 97.5 Å². The molecule has 0 aromatic carbocycles. The Kier molecular flexibility index (Phi) is 56.6. The molecule has 3 N–H and O–H groups in total. The lowest BCUT2D eigenvalue weighted by atomic mass is 9.99. The second-order valence-electron chi connectivity index (χ2n) is 26.0. The average Bonchev–Trinajstić information content (AvgIpc) is 3.69. The Bertz CT molecular complexity index is 1730. The fourth-order valence-corrected chi connectivity index (χ4v) is 11.7. The molecule has 0 spiro atoms. The molecule has 0 radical (unpaired) electrons. The van der Waals surface area contributed by atoms with Crippen LogP contribution in [0.3, 0.4) is 0 Å². The monoisotopic (exact) mass is 1280 g/mol. The van der Waals surface area contributed by atoms with Crippen molar-refractivity contribution >= 4 is 39.5 Å². The van der Waals surface area contributed by atoms with Gasteiger partial charge >= 0.3 is 39.5 Å². The van der Waals surface area contributed by atoms with Crippen molar-refractivity contribution in [2.75, 3.05) is 39.6 Å². The lowest BCUT2D eigenvalue weighted by molar-refractivity contribution is -0.161. The highest BCUT2D eigenvalue weighted by atomic mass is 31.2. The van der Waals surface area contributed by atoms with Gasteiger partial charge in [-0.25, -0.2) is 9.13 Å². The number of hydrogen-bond acceptors (Lipinski definition) is 15. The van der Waals surface area contributed by atoms with Crippen LogP contribution in [-0.2, 0) is 65.4 Å². The number of phosphoric ester groups is 2. The van der Waals surface area contributed by atoms with E-state index in [4.69, 9.17) is 37.0 Å². The fourth-order valence-electron chi connectivity index (χ4n) is 10.1. The Morgan fingerprint density at radius 3 is 0.816 bits per heavy atom. The van der Waals surface area contributed by atoms with E-state index >= 15 is 0 Å². The van der Waals surface area contributed by atoms with Gasteiger partial charge in [-0.3, -0.25) is 37.3 Å². The van der Waals surface area contributed by atoms with Crippen molar-refractivity contribution < 1.29 is 80.2 Å². The Morgan fingerprint density at radius 2 is 0.552 bits per heavy atom. The molecule has 0 saturated carbocycles. The highest BCUT2D eigenvalue weighted by molar-refractivity contribution is 7.47. The van der Waals surface area contributed by atoms with Crippen molar-refractivity contribution in [3.05, 3.63) is 0 Å². The fraction of sp³-hybridized carbons (Fsp3) is 0.941. The van der Waals surface area contributed by atoms with Crippen molar-refractivity contribution in [1.29, 1.82) is 0 Å². The van der Waals surface area contributed by atoms with E-state index in [2.05, 4.69) is 55.4 Å². The molecule has 0 amide bonds. The molecule has 0 aliphatic rings. The summed E-state index contributed by atoms with van der Waals surface area (Å²) in [6, 6.07) is 0. The number of aliphatic hydroxyl groups is 1. The summed E-state index contributed by atoms with van der Waals surface area (Å²) in [5.74, 6) is 0.806. The Balaban J connectivity index is 5.17. The van der Waals surface area contributed by atoms with Crippen LogP contribution in [0.25, 0.3) is 0 Å². The molecular weight excluding hydrogens is 1150 g/mol. The van der Waals surface area contributed by atoms with E-state index in [0.29, 0.717) is 37.5 Å². The molecule has 19 heteroatoms. The summed E-state index contributed by atoms with van der Waals surface area (Å²) >= 11 is 0. The molecule has 0 aliphatic heterocycles. The number of rotatable bonds is 65. The highest BCUT2D eigenvalue weighted by Crippen LogP contribution is 2.45. The number of aliphatic hydroxyl groups excluding tert-OH is 1.